The predicted octanol–water partition coefficient (Wildman–Crippen LogP) is 2.51. The maximum Gasteiger partial charge on any atom is 0.0616 e. The van der Waals surface area contributed by atoms with Gasteiger partial charge < -0.3 is 10.1 Å². The van der Waals surface area contributed by atoms with E-state index in [2.05, 4.69) is 36.4 Å². The average molecular weight is 260 g/mol. The van der Waals surface area contributed by atoms with Crippen molar-refractivity contribution in [3.63, 3.8) is 0 Å². The van der Waals surface area contributed by atoms with Crippen molar-refractivity contribution < 1.29 is 4.74 Å². The van der Waals surface area contributed by atoms with Gasteiger partial charge in [0.05, 0.1) is 6.10 Å². The van der Waals surface area contributed by atoms with Gasteiger partial charge in [0.2, 0.25) is 0 Å². The molecule has 1 aliphatic heterocycles. The van der Waals surface area contributed by atoms with E-state index in [1.165, 1.54) is 30.5 Å². The Hall–Kier alpha value is -0.930. The second kappa shape index (κ2) is 5.59. The van der Waals surface area contributed by atoms with Crippen molar-refractivity contribution in [1.29, 1.82) is 0 Å². The predicted molar refractivity (Wildman–Crippen MR) is 76.3 cm³/mol. The molecule has 1 aromatic rings. The zero-order valence-electron chi connectivity index (χ0n) is 11.9. The highest BCUT2D eigenvalue weighted by Gasteiger charge is 2.40. The molecule has 0 amide bonds. The SMILES string of the molecule is CCC1OCCC1C(NC)C1CCc2cccnc21. The molecule has 19 heavy (non-hydrogen) atoms. The standard InChI is InChI=1S/C16H24N2O/c1-3-14-12(8-10-19-14)16(17-2)13-7-6-11-5-4-9-18-15(11)13/h4-5,9,12-14,16-17H,3,6-8,10H2,1-2H3. The molecule has 0 radical (unpaired) electrons. The number of nitrogens with zero attached hydrogens (tertiary/aromatic N) is 1. The van der Waals surface area contributed by atoms with Crippen LogP contribution in [0, 0.1) is 5.92 Å². The van der Waals surface area contributed by atoms with Gasteiger partial charge in [-0.1, -0.05) is 13.0 Å². The molecule has 0 bridgehead atoms. The molecule has 104 valence electrons. The van der Waals surface area contributed by atoms with Crippen molar-refractivity contribution in [2.24, 2.45) is 5.92 Å². The Labute approximate surface area is 115 Å². The number of fused-ring (bicyclic) bond motifs is 1. The van der Waals surface area contributed by atoms with Gasteiger partial charge >= 0.3 is 0 Å². The summed E-state index contributed by atoms with van der Waals surface area (Å²) < 4.78 is 5.88. The second-order valence-electron chi connectivity index (χ2n) is 5.78. The minimum Gasteiger partial charge on any atom is -0.378 e. The second-order valence-corrected chi connectivity index (χ2v) is 5.78. The van der Waals surface area contributed by atoms with Crippen LogP contribution in [-0.4, -0.2) is 30.8 Å². The summed E-state index contributed by atoms with van der Waals surface area (Å²) in [5.41, 5.74) is 2.77. The molecule has 1 N–H and O–H groups in total. The van der Waals surface area contributed by atoms with Gasteiger partial charge in [0.15, 0.2) is 0 Å². The molecule has 3 nitrogen and oxygen atoms in total. The Bertz CT molecular complexity index is 435. The number of aryl methyl sites for hydroxylation is 1. The molecule has 2 aliphatic rings. The van der Waals surface area contributed by atoms with Gasteiger partial charge in [0.1, 0.15) is 0 Å². The van der Waals surface area contributed by atoms with Gasteiger partial charge in [-0.2, -0.15) is 0 Å². The van der Waals surface area contributed by atoms with Crippen molar-refractivity contribution in [1.82, 2.24) is 10.3 Å². The van der Waals surface area contributed by atoms with Crippen LogP contribution >= 0.6 is 0 Å². The fourth-order valence-corrected chi connectivity index (χ4v) is 4.00. The Morgan fingerprint density at radius 1 is 1.47 bits per heavy atom. The van der Waals surface area contributed by atoms with Crippen molar-refractivity contribution in [2.75, 3.05) is 13.7 Å². The molecule has 4 atom stereocenters. The molecule has 0 aromatic carbocycles. The first-order valence-corrected chi connectivity index (χ1v) is 7.57. The van der Waals surface area contributed by atoms with Gasteiger partial charge in [-0.25, -0.2) is 0 Å². The van der Waals surface area contributed by atoms with E-state index < -0.39 is 0 Å². The van der Waals surface area contributed by atoms with E-state index in [0.717, 1.165) is 13.0 Å². The third-order valence-electron chi connectivity index (χ3n) is 4.89. The molecule has 2 heterocycles. The van der Waals surface area contributed by atoms with E-state index in [4.69, 9.17) is 4.74 Å². The van der Waals surface area contributed by atoms with Gasteiger partial charge in [-0.3, -0.25) is 4.98 Å². The first kappa shape index (κ1) is 13.1. The van der Waals surface area contributed by atoms with Crippen LogP contribution in [0.5, 0.6) is 0 Å². The summed E-state index contributed by atoms with van der Waals surface area (Å²) in [5.74, 6) is 1.19. The van der Waals surface area contributed by atoms with Gasteiger partial charge in [0, 0.05) is 36.4 Å². The summed E-state index contributed by atoms with van der Waals surface area (Å²) in [7, 11) is 2.09. The smallest absolute Gasteiger partial charge is 0.0616 e. The topological polar surface area (TPSA) is 34.1 Å². The maximum absolute atomic E-state index is 5.88. The number of nitrogens with one attached hydrogen (secondary N) is 1. The number of hydrogen-bond acceptors (Lipinski definition) is 3. The largest absolute Gasteiger partial charge is 0.378 e. The third-order valence-corrected chi connectivity index (χ3v) is 4.89. The molecule has 1 fully saturated rings. The van der Waals surface area contributed by atoms with Gasteiger partial charge in [-0.15, -0.1) is 0 Å². The quantitative estimate of drug-likeness (QED) is 0.903. The molecule has 0 spiro atoms. The summed E-state index contributed by atoms with van der Waals surface area (Å²) in [5, 5.41) is 3.57. The van der Waals surface area contributed by atoms with Crippen LogP contribution in [-0.2, 0) is 11.2 Å². The fourth-order valence-electron chi connectivity index (χ4n) is 4.00. The molecule has 3 heteroatoms. The summed E-state index contributed by atoms with van der Waals surface area (Å²) in [4.78, 5) is 4.65. The highest BCUT2D eigenvalue weighted by molar-refractivity contribution is 5.30. The normalized spacial score (nSPS) is 31.4. The minimum atomic E-state index is 0.421. The molecular formula is C16H24N2O. The van der Waals surface area contributed by atoms with E-state index in [-0.39, 0.29) is 0 Å². The van der Waals surface area contributed by atoms with Crippen LogP contribution in [0.1, 0.15) is 43.4 Å². The molecule has 0 saturated carbocycles. The lowest BCUT2D eigenvalue weighted by atomic mass is 9.82. The van der Waals surface area contributed by atoms with Gasteiger partial charge in [-0.05, 0) is 44.4 Å². The lowest BCUT2D eigenvalue weighted by molar-refractivity contribution is 0.0748. The number of hydrogen-bond donors (Lipinski definition) is 1. The average Bonchev–Trinajstić information content (AvgIpc) is 3.07. The van der Waals surface area contributed by atoms with Crippen molar-refractivity contribution in [2.45, 2.75) is 50.7 Å². The monoisotopic (exact) mass is 260 g/mol. The van der Waals surface area contributed by atoms with Gasteiger partial charge in [0.25, 0.3) is 0 Å². The summed E-state index contributed by atoms with van der Waals surface area (Å²) in [6.45, 7) is 3.15. The lowest BCUT2D eigenvalue weighted by Crippen LogP contribution is -2.42. The highest BCUT2D eigenvalue weighted by atomic mass is 16.5. The maximum atomic E-state index is 5.88. The number of rotatable bonds is 4. The fraction of sp³-hybridized carbons (Fsp3) is 0.688. The van der Waals surface area contributed by atoms with E-state index in [0.29, 0.717) is 24.0 Å². The van der Waals surface area contributed by atoms with Crippen LogP contribution in [0.3, 0.4) is 0 Å². The van der Waals surface area contributed by atoms with E-state index >= 15 is 0 Å². The third kappa shape index (κ3) is 2.30. The Balaban J connectivity index is 1.84. The zero-order chi connectivity index (χ0) is 13.2. The minimum absolute atomic E-state index is 0.421. The van der Waals surface area contributed by atoms with Crippen LogP contribution in [0.4, 0.5) is 0 Å². The summed E-state index contributed by atoms with van der Waals surface area (Å²) >= 11 is 0. The van der Waals surface area contributed by atoms with Crippen molar-refractivity contribution in [3.05, 3.63) is 29.6 Å². The first-order valence-electron chi connectivity index (χ1n) is 7.57. The van der Waals surface area contributed by atoms with Crippen LogP contribution in [0.25, 0.3) is 0 Å². The first-order chi connectivity index (χ1) is 9.35. The molecular weight excluding hydrogens is 236 g/mol. The molecule has 1 saturated heterocycles. The molecule has 1 aromatic heterocycles. The number of pyridine rings is 1. The van der Waals surface area contributed by atoms with E-state index in [9.17, 15) is 0 Å². The van der Waals surface area contributed by atoms with Crippen molar-refractivity contribution in [3.8, 4) is 0 Å². The Kier molecular flexibility index (Phi) is 3.85. The van der Waals surface area contributed by atoms with Crippen LogP contribution < -0.4 is 5.32 Å². The summed E-state index contributed by atoms with van der Waals surface area (Å²) in [6.07, 6.45) is 7.06. The number of ether oxygens (including phenoxy) is 1. The molecule has 3 rings (SSSR count). The van der Waals surface area contributed by atoms with E-state index in [1.54, 1.807) is 0 Å². The summed E-state index contributed by atoms with van der Waals surface area (Å²) in [6, 6.07) is 4.80. The van der Waals surface area contributed by atoms with E-state index in [1.807, 2.05) is 6.20 Å². The molecule has 4 unspecified atom stereocenters. The highest BCUT2D eigenvalue weighted by Crippen LogP contribution is 2.40. The van der Waals surface area contributed by atoms with Crippen molar-refractivity contribution >= 4 is 0 Å². The van der Waals surface area contributed by atoms with Crippen LogP contribution in [0.15, 0.2) is 18.3 Å². The Morgan fingerprint density at radius 2 is 2.37 bits per heavy atom. The Morgan fingerprint density at radius 3 is 3.16 bits per heavy atom. The lowest BCUT2D eigenvalue weighted by Gasteiger charge is -2.31. The molecule has 1 aliphatic carbocycles. The van der Waals surface area contributed by atoms with Crippen LogP contribution in [0.2, 0.25) is 0 Å². The number of likely N-dealkylation sites (N-methyl/N-ethyl adjacent to an activating group) is 1. The number of aromatic nitrogens is 1. The zero-order valence-corrected chi connectivity index (χ0v) is 11.9.